The third-order valence-electron chi connectivity index (χ3n) is 2.83. The number of halogens is 1. The minimum absolute atomic E-state index is 0.0135. The van der Waals surface area contributed by atoms with E-state index in [0.717, 1.165) is 22.3 Å². The normalized spacial score (nSPS) is 12.9. The molecule has 21 heavy (non-hydrogen) atoms. The van der Waals surface area contributed by atoms with Crippen molar-refractivity contribution in [2.24, 2.45) is 0 Å². The summed E-state index contributed by atoms with van der Waals surface area (Å²) in [6, 6.07) is 6.05. The quantitative estimate of drug-likeness (QED) is 0.820. The molecular weight excluding hydrogens is 332 g/mol. The minimum Gasteiger partial charge on any atom is -0.483 e. The fraction of sp³-hybridized carbons (Fsp3) is 0.562. The van der Waals surface area contributed by atoms with E-state index in [0.29, 0.717) is 0 Å². The molecule has 1 rings (SSSR count). The van der Waals surface area contributed by atoms with Crippen LogP contribution in [0.5, 0.6) is 5.75 Å². The molecule has 1 atom stereocenters. The Bertz CT molecular complexity index is 484. The lowest BCUT2D eigenvalue weighted by Crippen LogP contribution is -2.43. The van der Waals surface area contributed by atoms with Gasteiger partial charge in [0.1, 0.15) is 5.75 Å². The molecule has 1 aromatic rings. The molecule has 0 fully saturated rings. The number of hydrogen-bond acceptors (Lipinski definition) is 3. The zero-order chi connectivity index (χ0) is 16.0. The monoisotopic (exact) mass is 356 g/mol. The average Bonchev–Trinajstić information content (AvgIpc) is 2.34. The number of nitrogens with one attached hydrogen (secondary N) is 2. The van der Waals surface area contributed by atoms with Crippen molar-refractivity contribution in [2.45, 2.75) is 46.2 Å². The molecule has 0 radical (unpaired) electrons. The lowest BCUT2D eigenvalue weighted by atomic mass is 10.1. The minimum atomic E-state index is -0.252. The van der Waals surface area contributed by atoms with Crippen LogP contribution in [0.25, 0.3) is 0 Å². The van der Waals surface area contributed by atoms with Gasteiger partial charge in [-0.05, 0) is 46.4 Å². The van der Waals surface area contributed by atoms with Gasteiger partial charge < -0.3 is 15.4 Å². The van der Waals surface area contributed by atoms with Gasteiger partial charge in [0.25, 0.3) is 5.91 Å². The number of amides is 1. The number of rotatable bonds is 6. The highest BCUT2D eigenvalue weighted by Gasteiger charge is 2.16. The maximum atomic E-state index is 11.9. The molecule has 0 heterocycles. The summed E-state index contributed by atoms with van der Waals surface area (Å²) in [7, 11) is 0. The predicted octanol–water partition coefficient (Wildman–Crippen LogP) is 3.41. The Morgan fingerprint density at radius 2 is 2.05 bits per heavy atom. The Morgan fingerprint density at radius 1 is 1.38 bits per heavy atom. The van der Waals surface area contributed by atoms with Crippen LogP contribution in [0.4, 0.5) is 0 Å². The van der Waals surface area contributed by atoms with Crippen LogP contribution in [0.3, 0.4) is 0 Å². The van der Waals surface area contributed by atoms with Crippen LogP contribution >= 0.6 is 15.9 Å². The van der Waals surface area contributed by atoms with Gasteiger partial charge in [0, 0.05) is 21.6 Å². The van der Waals surface area contributed by atoms with Gasteiger partial charge >= 0.3 is 0 Å². The van der Waals surface area contributed by atoms with E-state index < -0.39 is 0 Å². The van der Waals surface area contributed by atoms with E-state index in [2.05, 4.69) is 40.4 Å². The van der Waals surface area contributed by atoms with Crippen molar-refractivity contribution in [3.8, 4) is 5.75 Å². The summed E-state index contributed by atoms with van der Waals surface area (Å²) >= 11 is 3.44. The molecular formula is C16H25BrN2O2. The Labute approximate surface area is 135 Å². The van der Waals surface area contributed by atoms with E-state index in [1.165, 1.54) is 0 Å². The molecule has 0 aliphatic carbocycles. The molecule has 0 aliphatic heterocycles. The first-order valence-corrected chi connectivity index (χ1v) is 7.99. The molecule has 118 valence electrons. The third-order valence-corrected chi connectivity index (χ3v) is 3.32. The van der Waals surface area contributed by atoms with Crippen LogP contribution in [0.15, 0.2) is 22.7 Å². The van der Waals surface area contributed by atoms with E-state index in [4.69, 9.17) is 4.74 Å². The van der Waals surface area contributed by atoms with Gasteiger partial charge in [0.2, 0.25) is 0 Å². The number of hydrogen-bond donors (Lipinski definition) is 2. The van der Waals surface area contributed by atoms with Crippen molar-refractivity contribution in [2.75, 3.05) is 13.2 Å². The molecule has 1 unspecified atom stereocenters. The molecule has 1 aromatic carbocycles. The van der Waals surface area contributed by atoms with E-state index in [1.54, 1.807) is 0 Å². The van der Waals surface area contributed by atoms with Crippen LogP contribution in [-0.2, 0) is 4.79 Å². The lowest BCUT2D eigenvalue weighted by Gasteiger charge is -2.22. The van der Waals surface area contributed by atoms with Crippen molar-refractivity contribution in [3.63, 3.8) is 0 Å². The van der Waals surface area contributed by atoms with E-state index in [-0.39, 0.29) is 24.1 Å². The zero-order valence-corrected chi connectivity index (χ0v) is 15.0. The van der Waals surface area contributed by atoms with Gasteiger partial charge in [-0.25, -0.2) is 0 Å². The fourth-order valence-electron chi connectivity index (χ4n) is 2.00. The molecule has 0 aromatic heterocycles. The highest BCUT2D eigenvalue weighted by molar-refractivity contribution is 9.10. The first-order valence-electron chi connectivity index (χ1n) is 7.19. The molecule has 1 amide bonds. The van der Waals surface area contributed by atoms with Crippen molar-refractivity contribution in [3.05, 3.63) is 28.2 Å². The smallest absolute Gasteiger partial charge is 0.258 e. The summed E-state index contributed by atoms with van der Waals surface area (Å²) in [5.74, 6) is 0.603. The van der Waals surface area contributed by atoms with Gasteiger partial charge in [-0.3, -0.25) is 4.79 Å². The molecule has 0 spiro atoms. The second kappa shape index (κ2) is 7.80. The van der Waals surface area contributed by atoms with Crippen LogP contribution in [0.2, 0.25) is 0 Å². The van der Waals surface area contributed by atoms with Crippen molar-refractivity contribution in [1.29, 1.82) is 0 Å². The van der Waals surface area contributed by atoms with Crippen LogP contribution in [-0.4, -0.2) is 24.6 Å². The van der Waals surface area contributed by atoms with Crippen molar-refractivity contribution < 1.29 is 9.53 Å². The van der Waals surface area contributed by atoms with Gasteiger partial charge in [0.05, 0.1) is 0 Å². The van der Waals surface area contributed by atoms with Crippen LogP contribution < -0.4 is 15.4 Å². The largest absolute Gasteiger partial charge is 0.483 e. The summed E-state index contributed by atoms with van der Waals surface area (Å²) in [5.41, 5.74) is 0.793. The third kappa shape index (κ3) is 6.48. The molecule has 2 N–H and O–H groups in total. The Kier molecular flexibility index (Phi) is 6.68. The predicted molar refractivity (Wildman–Crippen MR) is 89.6 cm³/mol. The Balaban J connectivity index is 2.77. The highest BCUT2D eigenvalue weighted by Crippen LogP contribution is 2.28. The SMILES string of the molecule is CCNC(C)c1ccc(Br)cc1OCC(=O)NC(C)(C)C. The fourth-order valence-corrected chi connectivity index (χ4v) is 2.34. The summed E-state index contributed by atoms with van der Waals surface area (Å²) < 4.78 is 6.64. The van der Waals surface area contributed by atoms with Gasteiger partial charge in [-0.15, -0.1) is 0 Å². The molecule has 0 aliphatic rings. The van der Waals surface area contributed by atoms with Gasteiger partial charge in [-0.1, -0.05) is 28.9 Å². The standard InChI is InChI=1S/C16H25BrN2O2/c1-6-18-11(2)13-8-7-12(17)9-14(13)21-10-15(20)19-16(3,4)5/h7-9,11,18H,6,10H2,1-5H3,(H,19,20). The molecule has 0 saturated carbocycles. The molecule has 5 heteroatoms. The number of benzene rings is 1. The van der Waals surface area contributed by atoms with Crippen molar-refractivity contribution in [1.82, 2.24) is 10.6 Å². The maximum absolute atomic E-state index is 11.9. The Morgan fingerprint density at radius 3 is 2.62 bits per heavy atom. The van der Waals surface area contributed by atoms with Crippen LogP contribution in [0, 0.1) is 0 Å². The summed E-state index contributed by atoms with van der Waals surface area (Å²) in [6.45, 7) is 10.9. The van der Waals surface area contributed by atoms with Gasteiger partial charge in [0.15, 0.2) is 6.61 Å². The average molecular weight is 357 g/mol. The lowest BCUT2D eigenvalue weighted by molar-refractivity contribution is -0.124. The molecule has 0 bridgehead atoms. The first kappa shape index (κ1) is 18.0. The summed E-state index contributed by atoms with van der Waals surface area (Å²) in [4.78, 5) is 11.9. The summed E-state index contributed by atoms with van der Waals surface area (Å²) in [6.07, 6.45) is 0. The van der Waals surface area contributed by atoms with E-state index >= 15 is 0 Å². The number of carbonyl (C=O) groups is 1. The maximum Gasteiger partial charge on any atom is 0.258 e. The van der Waals surface area contributed by atoms with E-state index in [1.807, 2.05) is 39.0 Å². The van der Waals surface area contributed by atoms with Crippen LogP contribution in [0.1, 0.15) is 46.2 Å². The number of carbonyl (C=O) groups excluding carboxylic acids is 1. The second-order valence-corrected chi connectivity index (χ2v) is 6.96. The topological polar surface area (TPSA) is 50.4 Å². The van der Waals surface area contributed by atoms with Gasteiger partial charge in [-0.2, -0.15) is 0 Å². The van der Waals surface area contributed by atoms with Crippen molar-refractivity contribution >= 4 is 21.8 Å². The Hall–Kier alpha value is -1.07. The number of ether oxygens (including phenoxy) is 1. The summed E-state index contributed by atoms with van der Waals surface area (Å²) in [5, 5.41) is 6.24. The second-order valence-electron chi connectivity index (χ2n) is 6.05. The first-order chi connectivity index (χ1) is 9.73. The molecule has 4 nitrogen and oxygen atoms in total. The highest BCUT2D eigenvalue weighted by atomic mass is 79.9. The molecule has 0 saturated heterocycles. The zero-order valence-electron chi connectivity index (χ0n) is 13.4. The van der Waals surface area contributed by atoms with E-state index in [9.17, 15) is 4.79 Å².